The minimum absolute atomic E-state index is 0.471. The lowest BCUT2D eigenvalue weighted by molar-refractivity contribution is 0.208. The maximum absolute atomic E-state index is 5.47. The predicted molar refractivity (Wildman–Crippen MR) is 86.1 cm³/mol. The number of methoxy groups -OCH3 is 2. The highest BCUT2D eigenvalue weighted by Crippen LogP contribution is 2.30. The van der Waals surface area contributed by atoms with Crippen LogP contribution in [0.5, 0.6) is 11.5 Å². The third-order valence-corrected chi connectivity index (χ3v) is 4.11. The first-order valence-electron chi connectivity index (χ1n) is 7.90. The van der Waals surface area contributed by atoms with Crippen LogP contribution in [0.3, 0.4) is 0 Å². The van der Waals surface area contributed by atoms with Crippen LogP contribution in [-0.2, 0) is 6.54 Å². The maximum Gasteiger partial charge on any atom is 0.165 e. The van der Waals surface area contributed by atoms with Gasteiger partial charge in [-0.25, -0.2) is 0 Å². The summed E-state index contributed by atoms with van der Waals surface area (Å²) >= 11 is 0. The van der Waals surface area contributed by atoms with Crippen LogP contribution in [0.1, 0.15) is 31.7 Å². The summed E-state index contributed by atoms with van der Waals surface area (Å²) in [4.78, 5) is 2.56. The van der Waals surface area contributed by atoms with Crippen LogP contribution in [-0.4, -0.2) is 44.8 Å². The summed E-state index contributed by atoms with van der Waals surface area (Å²) in [5.74, 6) is 1.62. The van der Waals surface area contributed by atoms with E-state index >= 15 is 0 Å². The molecule has 1 unspecified atom stereocenters. The Morgan fingerprint density at radius 3 is 2.57 bits per heavy atom. The second-order valence-electron chi connectivity index (χ2n) is 5.80. The molecule has 21 heavy (non-hydrogen) atoms. The minimum atomic E-state index is 0.471. The van der Waals surface area contributed by atoms with Crippen molar-refractivity contribution in [1.82, 2.24) is 10.2 Å². The van der Waals surface area contributed by atoms with E-state index in [-0.39, 0.29) is 0 Å². The zero-order chi connectivity index (χ0) is 15.1. The average Bonchev–Trinajstić information content (AvgIpc) is 2.53. The Bertz CT molecular complexity index is 431. The van der Waals surface area contributed by atoms with Gasteiger partial charge in [-0.2, -0.15) is 0 Å². The zero-order valence-electron chi connectivity index (χ0n) is 13.5. The van der Waals surface area contributed by atoms with E-state index in [0.717, 1.165) is 30.2 Å². The molecule has 4 nitrogen and oxygen atoms in total. The van der Waals surface area contributed by atoms with Crippen LogP contribution >= 0.6 is 0 Å². The quantitative estimate of drug-likeness (QED) is 0.838. The lowest BCUT2D eigenvalue weighted by Gasteiger charge is -2.29. The van der Waals surface area contributed by atoms with Gasteiger partial charge >= 0.3 is 0 Å². The van der Waals surface area contributed by atoms with Gasteiger partial charge in [-0.1, -0.05) is 18.6 Å². The fraction of sp³-hybridized carbons (Fsp3) is 0.647. The van der Waals surface area contributed by atoms with Crippen molar-refractivity contribution in [1.29, 1.82) is 0 Å². The van der Waals surface area contributed by atoms with Gasteiger partial charge < -0.3 is 19.7 Å². The van der Waals surface area contributed by atoms with Crippen molar-refractivity contribution >= 4 is 0 Å². The SMILES string of the molecule is COc1cccc(CNC(C)CN2CCCCC2)c1OC. The molecule has 0 radical (unpaired) electrons. The van der Waals surface area contributed by atoms with Crippen molar-refractivity contribution in [3.05, 3.63) is 23.8 Å². The second kappa shape index (κ2) is 8.25. The Hall–Kier alpha value is -1.26. The number of ether oxygens (including phenoxy) is 2. The van der Waals surface area contributed by atoms with Crippen molar-refractivity contribution in [3.8, 4) is 11.5 Å². The topological polar surface area (TPSA) is 33.7 Å². The summed E-state index contributed by atoms with van der Waals surface area (Å²) in [6.45, 7) is 6.66. The Kier molecular flexibility index (Phi) is 6.33. The highest BCUT2D eigenvalue weighted by molar-refractivity contribution is 5.46. The third kappa shape index (κ3) is 4.61. The summed E-state index contributed by atoms with van der Waals surface area (Å²) in [7, 11) is 3.37. The van der Waals surface area contributed by atoms with E-state index in [4.69, 9.17) is 9.47 Å². The molecule has 2 rings (SSSR count). The van der Waals surface area contributed by atoms with E-state index in [1.54, 1.807) is 14.2 Å². The largest absolute Gasteiger partial charge is 0.493 e. The first-order chi connectivity index (χ1) is 10.2. The van der Waals surface area contributed by atoms with Crippen LogP contribution in [0.2, 0.25) is 0 Å². The van der Waals surface area contributed by atoms with Crippen molar-refractivity contribution < 1.29 is 9.47 Å². The Morgan fingerprint density at radius 1 is 1.14 bits per heavy atom. The Balaban J connectivity index is 1.87. The number of benzene rings is 1. The minimum Gasteiger partial charge on any atom is -0.493 e. The van der Waals surface area contributed by atoms with Crippen molar-refractivity contribution in [2.45, 2.75) is 38.8 Å². The third-order valence-electron chi connectivity index (χ3n) is 4.11. The molecule has 118 valence electrons. The molecule has 0 aliphatic carbocycles. The highest BCUT2D eigenvalue weighted by atomic mass is 16.5. The van der Waals surface area contributed by atoms with Gasteiger partial charge in [0.15, 0.2) is 11.5 Å². The van der Waals surface area contributed by atoms with E-state index in [9.17, 15) is 0 Å². The molecule has 0 aromatic heterocycles. The molecule has 1 aliphatic heterocycles. The fourth-order valence-electron chi connectivity index (χ4n) is 2.97. The first-order valence-corrected chi connectivity index (χ1v) is 7.90. The van der Waals surface area contributed by atoms with Gasteiger partial charge in [-0.3, -0.25) is 0 Å². The van der Waals surface area contributed by atoms with Crippen LogP contribution in [0.25, 0.3) is 0 Å². The number of rotatable bonds is 7. The van der Waals surface area contributed by atoms with E-state index in [1.807, 2.05) is 12.1 Å². The number of hydrogen-bond donors (Lipinski definition) is 1. The van der Waals surface area contributed by atoms with Crippen molar-refractivity contribution in [2.75, 3.05) is 33.9 Å². The number of nitrogens with zero attached hydrogens (tertiary/aromatic N) is 1. The Labute approximate surface area is 128 Å². The van der Waals surface area contributed by atoms with Crippen LogP contribution in [0.4, 0.5) is 0 Å². The molecule has 1 atom stereocenters. The van der Waals surface area contributed by atoms with Gasteiger partial charge in [0.2, 0.25) is 0 Å². The van der Waals surface area contributed by atoms with E-state index < -0.39 is 0 Å². The number of likely N-dealkylation sites (tertiary alicyclic amines) is 1. The molecule has 1 fully saturated rings. The molecule has 1 aliphatic rings. The molecular weight excluding hydrogens is 264 g/mol. The summed E-state index contributed by atoms with van der Waals surface area (Å²) in [5, 5.41) is 3.60. The van der Waals surface area contributed by atoms with Gasteiger partial charge in [0, 0.05) is 24.7 Å². The fourth-order valence-corrected chi connectivity index (χ4v) is 2.97. The normalized spacial score (nSPS) is 17.5. The molecule has 4 heteroatoms. The number of nitrogens with one attached hydrogen (secondary N) is 1. The first kappa shape index (κ1) is 16.1. The lowest BCUT2D eigenvalue weighted by atomic mass is 10.1. The Morgan fingerprint density at radius 2 is 1.90 bits per heavy atom. The molecule has 0 bridgehead atoms. The van der Waals surface area contributed by atoms with E-state index in [2.05, 4.69) is 23.2 Å². The van der Waals surface area contributed by atoms with Gasteiger partial charge in [0.1, 0.15) is 0 Å². The molecule has 0 amide bonds. The number of para-hydroxylation sites is 1. The number of piperidine rings is 1. The van der Waals surface area contributed by atoms with Gasteiger partial charge in [0.25, 0.3) is 0 Å². The predicted octanol–water partition coefficient (Wildman–Crippen LogP) is 2.67. The lowest BCUT2D eigenvalue weighted by Crippen LogP contribution is -2.41. The average molecular weight is 292 g/mol. The van der Waals surface area contributed by atoms with E-state index in [1.165, 1.54) is 32.4 Å². The van der Waals surface area contributed by atoms with Gasteiger partial charge in [0.05, 0.1) is 14.2 Å². The molecular formula is C17H28N2O2. The number of hydrogen-bond acceptors (Lipinski definition) is 4. The molecule has 1 aromatic carbocycles. The molecule has 1 heterocycles. The van der Waals surface area contributed by atoms with Gasteiger partial charge in [-0.15, -0.1) is 0 Å². The summed E-state index contributed by atoms with van der Waals surface area (Å²) in [6.07, 6.45) is 4.08. The summed E-state index contributed by atoms with van der Waals surface area (Å²) in [5.41, 5.74) is 1.14. The van der Waals surface area contributed by atoms with Crippen LogP contribution < -0.4 is 14.8 Å². The standard InChI is InChI=1S/C17H28N2O2/c1-14(13-19-10-5-4-6-11-19)18-12-15-8-7-9-16(20-2)17(15)21-3/h7-9,14,18H,4-6,10-13H2,1-3H3. The van der Waals surface area contributed by atoms with Crippen LogP contribution in [0, 0.1) is 0 Å². The van der Waals surface area contributed by atoms with Crippen molar-refractivity contribution in [3.63, 3.8) is 0 Å². The monoisotopic (exact) mass is 292 g/mol. The molecule has 0 spiro atoms. The second-order valence-corrected chi connectivity index (χ2v) is 5.80. The summed E-state index contributed by atoms with van der Waals surface area (Å²) < 4.78 is 10.8. The molecule has 1 N–H and O–H groups in total. The van der Waals surface area contributed by atoms with Crippen LogP contribution in [0.15, 0.2) is 18.2 Å². The van der Waals surface area contributed by atoms with Crippen molar-refractivity contribution in [2.24, 2.45) is 0 Å². The zero-order valence-corrected chi connectivity index (χ0v) is 13.5. The van der Waals surface area contributed by atoms with Gasteiger partial charge in [-0.05, 0) is 38.9 Å². The maximum atomic E-state index is 5.47. The smallest absolute Gasteiger partial charge is 0.165 e. The molecule has 0 saturated carbocycles. The molecule has 1 saturated heterocycles. The summed E-state index contributed by atoms with van der Waals surface area (Å²) in [6, 6.07) is 6.49. The highest BCUT2D eigenvalue weighted by Gasteiger charge is 2.14. The van der Waals surface area contributed by atoms with E-state index in [0.29, 0.717) is 6.04 Å². The molecule has 1 aromatic rings.